The number of nitrogens with zero attached hydrogens (tertiary/aromatic N) is 2. The zero-order valence-corrected chi connectivity index (χ0v) is 17.2. The molecule has 1 unspecified atom stereocenters. The van der Waals surface area contributed by atoms with Crippen LogP contribution in [0.2, 0.25) is 5.02 Å². The molecule has 1 aromatic rings. The molecule has 29 heavy (non-hydrogen) atoms. The molecule has 9 heteroatoms. The van der Waals surface area contributed by atoms with Crippen molar-refractivity contribution >= 4 is 35.1 Å². The number of aliphatic hydroxyl groups excluding tert-OH is 1. The third-order valence-corrected chi connectivity index (χ3v) is 5.36. The lowest BCUT2D eigenvalue weighted by atomic mass is 10.1. The van der Waals surface area contributed by atoms with Crippen molar-refractivity contribution in [3.63, 3.8) is 0 Å². The van der Waals surface area contributed by atoms with Gasteiger partial charge in [-0.15, -0.1) is 0 Å². The van der Waals surface area contributed by atoms with Crippen molar-refractivity contribution < 1.29 is 24.2 Å². The van der Waals surface area contributed by atoms with Crippen molar-refractivity contribution in [1.29, 1.82) is 0 Å². The van der Waals surface area contributed by atoms with Gasteiger partial charge >= 0.3 is 5.97 Å². The summed E-state index contributed by atoms with van der Waals surface area (Å²) < 4.78 is 10.8. The first-order valence-corrected chi connectivity index (χ1v) is 10.2. The molecule has 1 atom stereocenters. The first kappa shape index (κ1) is 21.4. The summed E-state index contributed by atoms with van der Waals surface area (Å²) >= 11 is 6.54. The Morgan fingerprint density at radius 3 is 2.72 bits per heavy atom. The number of aliphatic hydroxyl groups is 1. The van der Waals surface area contributed by atoms with Crippen molar-refractivity contribution in [2.75, 3.05) is 19.8 Å². The Bertz CT molecular complexity index is 799. The van der Waals surface area contributed by atoms with Crippen LogP contribution in [0, 0.1) is 0 Å². The Balaban J connectivity index is 1.47. The smallest absolute Gasteiger partial charge is 0.302 e. The lowest BCUT2D eigenvalue weighted by Crippen LogP contribution is -2.39. The number of ether oxygens (including phenoxy) is 2. The fourth-order valence-electron chi connectivity index (χ4n) is 3.39. The van der Waals surface area contributed by atoms with E-state index in [-0.39, 0.29) is 18.5 Å². The number of guanidine groups is 1. The highest BCUT2D eigenvalue weighted by atomic mass is 35.5. The molecule has 2 N–H and O–H groups in total. The lowest BCUT2D eigenvalue weighted by Gasteiger charge is -2.28. The SMILES string of the molecule is CC(=O)OCCCCCCCOc1ccc2c(c1Cl)CN1C(=N2)NC(=O)C1CO. The molecule has 0 bridgehead atoms. The third-order valence-electron chi connectivity index (χ3n) is 4.95. The number of esters is 1. The largest absolute Gasteiger partial charge is 0.492 e. The van der Waals surface area contributed by atoms with E-state index in [2.05, 4.69) is 10.3 Å². The number of hydrogen-bond donors (Lipinski definition) is 2. The van der Waals surface area contributed by atoms with Crippen LogP contribution in [0.5, 0.6) is 5.75 Å². The zero-order valence-electron chi connectivity index (χ0n) is 16.4. The number of aliphatic imine (C=N–C) groups is 1. The molecule has 1 amide bonds. The van der Waals surface area contributed by atoms with Crippen LogP contribution in [0.25, 0.3) is 0 Å². The lowest BCUT2D eigenvalue weighted by molar-refractivity contribution is -0.141. The highest BCUT2D eigenvalue weighted by Crippen LogP contribution is 2.39. The second-order valence-corrected chi connectivity index (χ2v) is 7.46. The van der Waals surface area contributed by atoms with E-state index in [1.54, 1.807) is 11.0 Å². The van der Waals surface area contributed by atoms with Crippen molar-refractivity contribution in [3.8, 4) is 5.75 Å². The van der Waals surface area contributed by atoms with Gasteiger partial charge in [0.05, 0.1) is 37.1 Å². The maximum atomic E-state index is 11.9. The summed E-state index contributed by atoms with van der Waals surface area (Å²) in [5.74, 6) is 0.541. The maximum absolute atomic E-state index is 11.9. The fraction of sp³-hybridized carbons (Fsp3) is 0.550. The van der Waals surface area contributed by atoms with Gasteiger partial charge in [0.2, 0.25) is 5.96 Å². The van der Waals surface area contributed by atoms with Crippen LogP contribution in [-0.2, 0) is 20.9 Å². The van der Waals surface area contributed by atoms with E-state index in [1.165, 1.54) is 6.92 Å². The Hall–Kier alpha value is -2.32. The number of fused-ring (bicyclic) bond motifs is 2. The van der Waals surface area contributed by atoms with Crippen LogP contribution in [0.1, 0.15) is 44.6 Å². The van der Waals surface area contributed by atoms with Crippen LogP contribution < -0.4 is 10.1 Å². The zero-order chi connectivity index (χ0) is 20.8. The minimum absolute atomic E-state index is 0.235. The van der Waals surface area contributed by atoms with E-state index in [0.717, 1.165) is 37.7 Å². The monoisotopic (exact) mass is 423 g/mol. The van der Waals surface area contributed by atoms with Gasteiger partial charge < -0.3 is 19.5 Å². The number of halogens is 1. The van der Waals surface area contributed by atoms with E-state index in [4.69, 9.17) is 21.1 Å². The minimum atomic E-state index is -0.650. The van der Waals surface area contributed by atoms with E-state index < -0.39 is 6.04 Å². The predicted octanol–water partition coefficient (Wildman–Crippen LogP) is 2.53. The van der Waals surface area contributed by atoms with Gasteiger partial charge in [0.1, 0.15) is 11.8 Å². The van der Waals surface area contributed by atoms with Gasteiger partial charge in [0.25, 0.3) is 5.91 Å². The molecule has 158 valence electrons. The fourth-order valence-corrected chi connectivity index (χ4v) is 3.66. The minimum Gasteiger partial charge on any atom is -0.492 e. The average molecular weight is 424 g/mol. The molecule has 2 aliphatic heterocycles. The molecular weight excluding hydrogens is 398 g/mol. The van der Waals surface area contributed by atoms with Crippen LogP contribution in [0.15, 0.2) is 17.1 Å². The van der Waals surface area contributed by atoms with Crippen molar-refractivity contribution in [2.24, 2.45) is 4.99 Å². The van der Waals surface area contributed by atoms with Gasteiger partial charge in [0, 0.05) is 12.5 Å². The molecule has 0 aliphatic carbocycles. The normalized spacial score (nSPS) is 17.3. The molecular formula is C20H26ClN3O5. The molecule has 2 heterocycles. The van der Waals surface area contributed by atoms with Crippen LogP contribution in [0.3, 0.4) is 0 Å². The Morgan fingerprint density at radius 1 is 1.28 bits per heavy atom. The Morgan fingerprint density at radius 2 is 2.00 bits per heavy atom. The molecule has 0 aromatic heterocycles. The van der Waals surface area contributed by atoms with E-state index in [1.807, 2.05) is 6.07 Å². The number of nitrogens with one attached hydrogen (secondary N) is 1. The summed E-state index contributed by atoms with van der Waals surface area (Å²) in [5, 5.41) is 12.6. The molecule has 0 radical (unpaired) electrons. The standard InChI is InChI=1S/C20H26ClN3O5/c1-13(26)28-9-5-3-2-4-6-10-29-17-8-7-15-14(18(17)21)11-24-16(12-25)19(27)23-20(24)22-15/h7-8,16,25H,2-6,9-12H2,1H3,(H,22,23,27). The summed E-state index contributed by atoms with van der Waals surface area (Å²) in [5.41, 5.74) is 1.48. The highest BCUT2D eigenvalue weighted by Gasteiger charge is 2.39. The molecule has 8 nitrogen and oxygen atoms in total. The number of unbranched alkanes of at least 4 members (excludes halogenated alkanes) is 4. The molecule has 1 fully saturated rings. The van der Waals surface area contributed by atoms with Crippen molar-refractivity contribution in [3.05, 3.63) is 22.7 Å². The summed E-state index contributed by atoms with van der Waals surface area (Å²) in [6.45, 7) is 2.56. The average Bonchev–Trinajstić information content (AvgIpc) is 3.00. The molecule has 3 rings (SSSR count). The van der Waals surface area contributed by atoms with E-state index in [9.17, 15) is 14.7 Å². The van der Waals surface area contributed by atoms with Gasteiger partial charge in [0.15, 0.2) is 0 Å². The number of carbonyl (C=O) groups excluding carboxylic acids is 2. The third kappa shape index (κ3) is 5.19. The van der Waals surface area contributed by atoms with Gasteiger partial charge in [-0.05, 0) is 25.0 Å². The van der Waals surface area contributed by atoms with E-state index in [0.29, 0.717) is 42.2 Å². The second-order valence-electron chi connectivity index (χ2n) is 7.08. The van der Waals surface area contributed by atoms with Gasteiger partial charge in [-0.25, -0.2) is 4.99 Å². The first-order chi connectivity index (χ1) is 14.0. The summed E-state index contributed by atoms with van der Waals surface area (Å²) in [4.78, 5) is 28.8. The summed E-state index contributed by atoms with van der Waals surface area (Å²) in [7, 11) is 0. The molecule has 0 spiro atoms. The molecule has 0 saturated carbocycles. The quantitative estimate of drug-likeness (QED) is 0.443. The first-order valence-electron chi connectivity index (χ1n) is 9.86. The number of benzene rings is 1. The molecule has 1 saturated heterocycles. The highest BCUT2D eigenvalue weighted by molar-refractivity contribution is 6.33. The molecule has 2 aliphatic rings. The number of hydrogen-bond acceptors (Lipinski definition) is 7. The van der Waals surface area contributed by atoms with Crippen molar-refractivity contribution in [1.82, 2.24) is 10.2 Å². The van der Waals surface area contributed by atoms with Gasteiger partial charge in [-0.2, -0.15) is 0 Å². The topological polar surface area (TPSA) is 100 Å². The van der Waals surface area contributed by atoms with Crippen LogP contribution in [-0.4, -0.2) is 53.7 Å². The summed E-state index contributed by atoms with van der Waals surface area (Å²) in [6, 6.07) is 2.97. The summed E-state index contributed by atoms with van der Waals surface area (Å²) in [6.07, 6.45) is 4.87. The van der Waals surface area contributed by atoms with Gasteiger partial charge in [-0.3, -0.25) is 14.9 Å². The van der Waals surface area contributed by atoms with Crippen molar-refractivity contribution in [2.45, 2.75) is 51.6 Å². The Labute approximate surface area is 174 Å². The van der Waals surface area contributed by atoms with E-state index >= 15 is 0 Å². The predicted molar refractivity (Wildman–Crippen MR) is 108 cm³/mol. The second kappa shape index (κ2) is 9.93. The Kier molecular flexibility index (Phi) is 7.33. The number of rotatable bonds is 10. The van der Waals surface area contributed by atoms with Crippen LogP contribution in [0.4, 0.5) is 5.69 Å². The van der Waals surface area contributed by atoms with Crippen LogP contribution >= 0.6 is 11.6 Å². The van der Waals surface area contributed by atoms with Gasteiger partial charge in [-0.1, -0.05) is 30.9 Å². The maximum Gasteiger partial charge on any atom is 0.302 e. The number of carbonyl (C=O) groups is 2. The number of amides is 1. The molecule has 1 aromatic carbocycles.